The molecular weight excluding hydrogens is 443 g/mol. The first-order chi connectivity index (χ1) is 16.7. The minimum Gasteiger partial charge on any atom is -0.387 e. The maximum atomic E-state index is 13.6. The Morgan fingerprint density at radius 3 is 2.74 bits per heavy atom. The molecule has 1 fully saturated rings. The van der Waals surface area contributed by atoms with Crippen molar-refractivity contribution >= 4 is 42.5 Å². The first-order valence-corrected chi connectivity index (χ1v) is 12.2. The molecule has 9 heteroatoms. The van der Waals surface area contributed by atoms with Crippen molar-refractivity contribution in [3.8, 4) is 0 Å². The summed E-state index contributed by atoms with van der Waals surface area (Å²) in [4.78, 5) is 33.6. The molecule has 182 valence electrons. The van der Waals surface area contributed by atoms with E-state index in [0.29, 0.717) is 42.9 Å². The molecule has 3 aliphatic heterocycles. The minimum atomic E-state index is -1.03. The zero-order valence-electron chi connectivity index (χ0n) is 20.3. The normalized spacial score (nSPS) is 21.5. The van der Waals surface area contributed by atoms with Crippen LogP contribution in [0.4, 0.5) is 5.69 Å². The van der Waals surface area contributed by atoms with Crippen molar-refractivity contribution in [1.82, 2.24) is 14.8 Å². The van der Waals surface area contributed by atoms with Crippen LogP contribution in [-0.2, 0) is 16.0 Å². The second kappa shape index (κ2) is 9.30. The molecule has 1 unspecified atom stereocenters. The maximum Gasteiger partial charge on any atom is 0.256 e. The van der Waals surface area contributed by atoms with E-state index < -0.39 is 5.60 Å². The third-order valence-corrected chi connectivity index (χ3v) is 7.04. The Balaban J connectivity index is 1.40. The molecule has 2 radical (unpaired) electrons. The van der Waals surface area contributed by atoms with Gasteiger partial charge in [-0.15, -0.1) is 0 Å². The number of carbonyl (C=O) groups is 2. The van der Waals surface area contributed by atoms with E-state index in [2.05, 4.69) is 15.2 Å². The lowest BCUT2D eigenvalue weighted by Gasteiger charge is -2.36. The van der Waals surface area contributed by atoms with Crippen LogP contribution in [0.2, 0.25) is 0 Å². The fourth-order valence-electron chi connectivity index (χ4n) is 5.35. The molecule has 0 spiro atoms. The third kappa shape index (κ3) is 4.81. The van der Waals surface area contributed by atoms with Crippen LogP contribution in [0.1, 0.15) is 46.2 Å². The molecule has 5 rings (SSSR count). The highest BCUT2D eigenvalue weighted by Crippen LogP contribution is 2.34. The topological polar surface area (TPSA) is 97.9 Å². The SMILES string of the molecule is [B]c1ccc2c(c1)/C(=C/c1[nH]c3c(c1C)C(=O)N(CC(C)(O)CN1CCOCC1)CCC3)C(=O)N2. The molecular formula is C26H31BN4O4. The van der Waals surface area contributed by atoms with Crippen LogP contribution in [0.15, 0.2) is 18.2 Å². The number of aromatic amines is 1. The van der Waals surface area contributed by atoms with E-state index in [1.54, 1.807) is 36.1 Å². The van der Waals surface area contributed by atoms with Gasteiger partial charge in [0.1, 0.15) is 7.85 Å². The summed E-state index contributed by atoms with van der Waals surface area (Å²) in [6, 6.07) is 5.33. The number of rotatable bonds is 5. The van der Waals surface area contributed by atoms with E-state index in [1.807, 2.05) is 6.92 Å². The van der Waals surface area contributed by atoms with Crippen molar-refractivity contribution in [3.05, 3.63) is 46.3 Å². The first-order valence-electron chi connectivity index (χ1n) is 12.2. The van der Waals surface area contributed by atoms with Gasteiger partial charge in [0.05, 0.1) is 36.5 Å². The molecule has 1 aromatic carbocycles. The highest BCUT2D eigenvalue weighted by molar-refractivity contribution is 6.37. The standard InChI is InChI=1S/C26H31BN4O4/c1-16-22(13-19-18-12-17(27)5-6-20(18)29-24(19)32)28-21-4-3-7-31(25(33)23(16)21)15-26(2,34)14-30-8-10-35-11-9-30/h5-6,12-13,28,34H,3-4,7-11,14-15H2,1-2H3,(H,29,32)/b19-13-. The number of amides is 2. The number of carbonyl (C=O) groups excluding carboxylic acids is 2. The van der Waals surface area contributed by atoms with Crippen LogP contribution in [-0.4, -0.2) is 91.1 Å². The molecule has 0 aliphatic carbocycles. The molecule has 1 atom stereocenters. The van der Waals surface area contributed by atoms with Gasteiger partial charge >= 0.3 is 0 Å². The van der Waals surface area contributed by atoms with Gasteiger partial charge in [-0.1, -0.05) is 17.6 Å². The van der Waals surface area contributed by atoms with E-state index >= 15 is 0 Å². The number of anilines is 1. The van der Waals surface area contributed by atoms with Crippen molar-refractivity contribution < 1.29 is 19.4 Å². The van der Waals surface area contributed by atoms with Crippen molar-refractivity contribution in [2.24, 2.45) is 0 Å². The molecule has 0 bridgehead atoms. The van der Waals surface area contributed by atoms with E-state index in [9.17, 15) is 14.7 Å². The number of fused-ring (bicyclic) bond motifs is 2. The number of β-amino-alcohol motifs (C(OH)–C–C–N with tert-alkyl or cyclic N) is 1. The number of hydrogen-bond donors (Lipinski definition) is 3. The highest BCUT2D eigenvalue weighted by atomic mass is 16.5. The summed E-state index contributed by atoms with van der Waals surface area (Å²) >= 11 is 0. The Hall–Kier alpha value is -2.88. The Morgan fingerprint density at radius 1 is 1.20 bits per heavy atom. The van der Waals surface area contributed by atoms with Crippen LogP contribution in [0, 0.1) is 6.92 Å². The van der Waals surface area contributed by atoms with Crippen molar-refractivity contribution in [2.45, 2.75) is 32.3 Å². The summed E-state index contributed by atoms with van der Waals surface area (Å²) in [6.45, 7) is 7.94. The monoisotopic (exact) mass is 474 g/mol. The van der Waals surface area contributed by atoms with Gasteiger partial charge < -0.3 is 25.0 Å². The molecule has 1 saturated heterocycles. The lowest BCUT2D eigenvalue weighted by molar-refractivity contribution is -0.110. The van der Waals surface area contributed by atoms with Crippen LogP contribution in [0.3, 0.4) is 0 Å². The molecule has 2 aromatic rings. The number of aliphatic hydroxyl groups is 1. The zero-order chi connectivity index (χ0) is 24.7. The Kier molecular flexibility index (Phi) is 6.33. The summed E-state index contributed by atoms with van der Waals surface area (Å²) in [5, 5.41) is 14.0. The summed E-state index contributed by atoms with van der Waals surface area (Å²) in [5.74, 6) is -0.277. The largest absolute Gasteiger partial charge is 0.387 e. The van der Waals surface area contributed by atoms with Crippen molar-refractivity contribution in [1.29, 1.82) is 0 Å². The molecule has 8 nitrogen and oxygen atoms in total. The minimum absolute atomic E-state index is 0.0846. The number of morpholine rings is 1. The Bertz CT molecular complexity index is 1200. The Labute approximate surface area is 206 Å². The fraction of sp³-hybridized carbons (Fsp3) is 0.462. The Morgan fingerprint density at radius 2 is 1.97 bits per heavy atom. The van der Waals surface area contributed by atoms with Gasteiger partial charge in [0, 0.05) is 48.8 Å². The third-order valence-electron chi connectivity index (χ3n) is 7.04. The molecule has 3 aliphatic rings. The predicted molar refractivity (Wildman–Crippen MR) is 136 cm³/mol. The second-order valence-electron chi connectivity index (χ2n) is 10.1. The number of nitrogens with one attached hydrogen (secondary N) is 2. The quantitative estimate of drug-likeness (QED) is 0.445. The molecule has 3 N–H and O–H groups in total. The van der Waals surface area contributed by atoms with Crippen molar-refractivity contribution in [2.75, 3.05) is 51.3 Å². The van der Waals surface area contributed by atoms with Gasteiger partial charge in [-0.2, -0.15) is 0 Å². The van der Waals surface area contributed by atoms with Crippen LogP contribution in [0.25, 0.3) is 11.6 Å². The summed E-state index contributed by atoms with van der Waals surface area (Å²) in [7, 11) is 5.95. The molecule has 4 heterocycles. The summed E-state index contributed by atoms with van der Waals surface area (Å²) in [5.41, 5.74) is 4.62. The summed E-state index contributed by atoms with van der Waals surface area (Å²) in [6.07, 6.45) is 3.32. The molecule has 1 aromatic heterocycles. The van der Waals surface area contributed by atoms with Gasteiger partial charge in [0.25, 0.3) is 11.8 Å². The first kappa shape index (κ1) is 23.8. The number of hydrogen-bond acceptors (Lipinski definition) is 5. The number of H-pyrrole nitrogens is 1. The fourth-order valence-corrected chi connectivity index (χ4v) is 5.35. The number of aromatic nitrogens is 1. The van der Waals surface area contributed by atoms with Gasteiger partial charge in [-0.25, -0.2) is 0 Å². The van der Waals surface area contributed by atoms with E-state index in [-0.39, 0.29) is 18.4 Å². The smallest absolute Gasteiger partial charge is 0.256 e. The number of ether oxygens (including phenoxy) is 1. The molecule has 35 heavy (non-hydrogen) atoms. The van der Waals surface area contributed by atoms with Crippen molar-refractivity contribution in [3.63, 3.8) is 0 Å². The number of nitrogens with zero attached hydrogens (tertiary/aromatic N) is 2. The lowest BCUT2D eigenvalue weighted by Crippen LogP contribution is -2.52. The van der Waals surface area contributed by atoms with Gasteiger partial charge in [-0.05, 0) is 44.4 Å². The van der Waals surface area contributed by atoms with Gasteiger partial charge in [0.2, 0.25) is 0 Å². The van der Waals surface area contributed by atoms with Crippen LogP contribution < -0.4 is 10.8 Å². The van der Waals surface area contributed by atoms with E-state index in [1.165, 1.54) is 0 Å². The highest BCUT2D eigenvalue weighted by Gasteiger charge is 2.34. The van der Waals surface area contributed by atoms with Gasteiger partial charge in [0.15, 0.2) is 0 Å². The summed E-state index contributed by atoms with van der Waals surface area (Å²) < 4.78 is 5.40. The average Bonchev–Trinajstić information content (AvgIpc) is 3.23. The molecule has 2 amide bonds. The van der Waals surface area contributed by atoms with Crippen LogP contribution >= 0.6 is 0 Å². The zero-order valence-corrected chi connectivity index (χ0v) is 20.3. The number of aryl methyl sites for hydroxylation is 1. The average molecular weight is 474 g/mol. The molecule has 0 saturated carbocycles. The predicted octanol–water partition coefficient (Wildman–Crippen LogP) is 1.08. The second-order valence-corrected chi connectivity index (χ2v) is 10.1. The maximum absolute atomic E-state index is 13.6. The lowest BCUT2D eigenvalue weighted by atomic mass is 9.92. The van der Waals surface area contributed by atoms with E-state index in [0.717, 1.165) is 54.1 Å². The van der Waals surface area contributed by atoms with Crippen LogP contribution in [0.5, 0.6) is 0 Å². The van der Waals surface area contributed by atoms with Gasteiger partial charge in [-0.3, -0.25) is 14.5 Å². The number of benzene rings is 1. The van der Waals surface area contributed by atoms with E-state index in [4.69, 9.17) is 12.6 Å².